The Hall–Kier alpha value is -0.0900. The molecule has 1 heterocycles. The van der Waals surface area contributed by atoms with E-state index in [0.29, 0.717) is 5.25 Å². The summed E-state index contributed by atoms with van der Waals surface area (Å²) in [6, 6.07) is 0. The molecule has 0 bridgehead atoms. The Morgan fingerprint density at radius 3 is 3.00 bits per heavy atom. The van der Waals surface area contributed by atoms with Gasteiger partial charge in [0.1, 0.15) is 0 Å². The van der Waals surface area contributed by atoms with Gasteiger partial charge in [0.2, 0.25) is 0 Å². The van der Waals surface area contributed by atoms with Crippen molar-refractivity contribution in [2.75, 3.05) is 5.75 Å². The van der Waals surface area contributed by atoms with E-state index in [1.165, 1.54) is 37.9 Å². The van der Waals surface area contributed by atoms with Crippen LogP contribution in [0.4, 0.5) is 0 Å². The fourth-order valence-corrected chi connectivity index (χ4v) is 2.46. The van der Waals surface area contributed by atoms with E-state index in [2.05, 4.69) is 18.8 Å². The molecule has 0 saturated carbocycles. The first-order chi connectivity index (χ1) is 5.93. The van der Waals surface area contributed by atoms with Crippen LogP contribution in [0.3, 0.4) is 0 Å². The number of hydrogen-bond donors (Lipinski definition) is 0. The first-order valence-corrected chi connectivity index (χ1v) is 6.08. The molecule has 0 N–H and O–H groups in total. The molecular weight excluding hydrogens is 164 g/mol. The lowest BCUT2D eigenvalue weighted by Gasteiger charge is -2.15. The fraction of sp³-hybridized carbons (Fsp3) is 0.818. The molecule has 0 radical (unpaired) electrons. The predicted molar refractivity (Wildman–Crippen MR) is 57.4 cm³/mol. The number of unbranched alkanes of at least 4 members (excludes halogenated alkanes) is 2. The highest BCUT2D eigenvalue weighted by Gasteiger charge is 2.09. The zero-order valence-corrected chi connectivity index (χ0v) is 8.75. The molecule has 0 aromatic rings. The molecule has 0 nitrogen and oxygen atoms in total. The molecule has 0 aromatic heterocycles. The van der Waals surface area contributed by atoms with Gasteiger partial charge in [0, 0.05) is 6.42 Å². The predicted octanol–water partition coefficient (Wildman–Crippen LogP) is 3.47. The molecule has 0 spiro atoms. The van der Waals surface area contributed by atoms with Gasteiger partial charge in [-0.15, -0.1) is 17.7 Å². The van der Waals surface area contributed by atoms with Crippen molar-refractivity contribution in [1.29, 1.82) is 0 Å². The summed E-state index contributed by atoms with van der Waals surface area (Å²) < 4.78 is 0. The second kappa shape index (κ2) is 6.43. The summed E-state index contributed by atoms with van der Waals surface area (Å²) in [7, 11) is 0. The standard InChI is InChI=1S/C11H18S/c1-2-3-4-5-8-11-9-6-7-10-12-11/h11H,2-4,6-7,9-10H2,1H3. The molecule has 1 aliphatic rings. The van der Waals surface area contributed by atoms with E-state index in [9.17, 15) is 0 Å². The van der Waals surface area contributed by atoms with Crippen molar-refractivity contribution in [3.05, 3.63) is 0 Å². The van der Waals surface area contributed by atoms with Gasteiger partial charge in [-0.2, -0.15) is 0 Å². The van der Waals surface area contributed by atoms with Crippen LogP contribution in [0.2, 0.25) is 0 Å². The second-order valence-electron chi connectivity index (χ2n) is 3.28. The van der Waals surface area contributed by atoms with Crippen molar-refractivity contribution in [3.8, 4) is 11.8 Å². The molecule has 1 fully saturated rings. The molecule has 1 rings (SSSR count). The highest BCUT2D eigenvalue weighted by molar-refractivity contribution is 8.00. The molecule has 0 aromatic carbocycles. The van der Waals surface area contributed by atoms with E-state index in [1.807, 2.05) is 11.8 Å². The molecule has 1 saturated heterocycles. The molecule has 1 aliphatic heterocycles. The quantitative estimate of drug-likeness (QED) is 0.465. The van der Waals surface area contributed by atoms with E-state index in [-0.39, 0.29) is 0 Å². The summed E-state index contributed by atoms with van der Waals surface area (Å²) in [5.74, 6) is 7.98. The lowest BCUT2D eigenvalue weighted by atomic mass is 10.2. The molecule has 0 amide bonds. The zero-order chi connectivity index (χ0) is 8.65. The van der Waals surface area contributed by atoms with Gasteiger partial charge in [-0.1, -0.05) is 25.7 Å². The van der Waals surface area contributed by atoms with Gasteiger partial charge in [0.15, 0.2) is 0 Å². The summed E-state index contributed by atoms with van der Waals surface area (Å²) >= 11 is 2.05. The van der Waals surface area contributed by atoms with E-state index < -0.39 is 0 Å². The van der Waals surface area contributed by atoms with Crippen LogP contribution in [0.1, 0.15) is 45.4 Å². The van der Waals surface area contributed by atoms with Crippen molar-refractivity contribution >= 4 is 11.8 Å². The van der Waals surface area contributed by atoms with Crippen LogP contribution >= 0.6 is 11.8 Å². The largest absolute Gasteiger partial charge is 0.145 e. The molecule has 1 unspecified atom stereocenters. The Labute approximate surface area is 80.5 Å². The van der Waals surface area contributed by atoms with E-state index in [0.717, 1.165) is 6.42 Å². The average molecular weight is 182 g/mol. The highest BCUT2D eigenvalue weighted by atomic mass is 32.2. The Kier molecular flexibility index (Phi) is 5.35. The van der Waals surface area contributed by atoms with E-state index in [4.69, 9.17) is 0 Å². The Morgan fingerprint density at radius 2 is 2.33 bits per heavy atom. The molecule has 1 atom stereocenters. The van der Waals surface area contributed by atoms with Crippen molar-refractivity contribution in [2.24, 2.45) is 0 Å². The van der Waals surface area contributed by atoms with Gasteiger partial charge in [-0.3, -0.25) is 0 Å². The molecule has 68 valence electrons. The van der Waals surface area contributed by atoms with Crippen molar-refractivity contribution < 1.29 is 0 Å². The minimum absolute atomic E-state index is 0.663. The van der Waals surface area contributed by atoms with Crippen LogP contribution < -0.4 is 0 Å². The van der Waals surface area contributed by atoms with Crippen molar-refractivity contribution in [2.45, 2.75) is 50.7 Å². The van der Waals surface area contributed by atoms with Gasteiger partial charge in [-0.05, 0) is 25.0 Å². The van der Waals surface area contributed by atoms with E-state index in [1.54, 1.807) is 0 Å². The summed E-state index contributed by atoms with van der Waals surface area (Å²) in [4.78, 5) is 0. The SMILES string of the molecule is CCCCC#CC1CCCCS1. The Balaban J connectivity index is 2.13. The summed E-state index contributed by atoms with van der Waals surface area (Å²) in [5.41, 5.74) is 0. The first kappa shape index (κ1) is 9.99. The van der Waals surface area contributed by atoms with Crippen LogP contribution in [0.25, 0.3) is 0 Å². The van der Waals surface area contributed by atoms with Gasteiger partial charge >= 0.3 is 0 Å². The average Bonchev–Trinajstić information content (AvgIpc) is 2.14. The third-order valence-electron chi connectivity index (χ3n) is 2.10. The van der Waals surface area contributed by atoms with Crippen molar-refractivity contribution in [3.63, 3.8) is 0 Å². The fourth-order valence-electron chi connectivity index (χ4n) is 1.31. The third-order valence-corrected chi connectivity index (χ3v) is 3.38. The number of rotatable bonds is 2. The minimum atomic E-state index is 0.663. The monoisotopic (exact) mass is 182 g/mol. The highest BCUT2D eigenvalue weighted by Crippen LogP contribution is 2.24. The van der Waals surface area contributed by atoms with Crippen LogP contribution in [0.15, 0.2) is 0 Å². The molecule has 1 heteroatoms. The van der Waals surface area contributed by atoms with Gasteiger partial charge in [-0.25, -0.2) is 0 Å². The number of hydrogen-bond acceptors (Lipinski definition) is 1. The maximum Gasteiger partial charge on any atom is 0.0657 e. The third kappa shape index (κ3) is 4.07. The van der Waals surface area contributed by atoms with Gasteiger partial charge in [0.05, 0.1) is 5.25 Å². The normalized spacial score (nSPS) is 22.9. The topological polar surface area (TPSA) is 0 Å². The van der Waals surface area contributed by atoms with Crippen LogP contribution in [0, 0.1) is 11.8 Å². The van der Waals surface area contributed by atoms with Crippen LogP contribution in [-0.2, 0) is 0 Å². The smallest absolute Gasteiger partial charge is 0.0657 e. The van der Waals surface area contributed by atoms with E-state index >= 15 is 0 Å². The maximum absolute atomic E-state index is 3.37. The lowest BCUT2D eigenvalue weighted by Crippen LogP contribution is -2.06. The van der Waals surface area contributed by atoms with Gasteiger partial charge < -0.3 is 0 Å². The van der Waals surface area contributed by atoms with Crippen LogP contribution in [0.5, 0.6) is 0 Å². The summed E-state index contributed by atoms with van der Waals surface area (Å²) in [6.07, 6.45) is 7.76. The zero-order valence-electron chi connectivity index (χ0n) is 7.94. The summed E-state index contributed by atoms with van der Waals surface area (Å²) in [5, 5.41) is 0.663. The molecule has 0 aliphatic carbocycles. The first-order valence-electron chi connectivity index (χ1n) is 5.03. The second-order valence-corrected chi connectivity index (χ2v) is 4.59. The Morgan fingerprint density at radius 1 is 1.42 bits per heavy atom. The minimum Gasteiger partial charge on any atom is -0.145 e. The maximum atomic E-state index is 3.37. The molecular formula is C11H18S. The lowest BCUT2D eigenvalue weighted by molar-refractivity contribution is 0.726. The molecule has 12 heavy (non-hydrogen) atoms. The van der Waals surface area contributed by atoms with Crippen molar-refractivity contribution in [1.82, 2.24) is 0 Å². The Bertz CT molecular complexity index is 158. The number of thioether (sulfide) groups is 1. The van der Waals surface area contributed by atoms with Crippen LogP contribution in [-0.4, -0.2) is 11.0 Å². The summed E-state index contributed by atoms with van der Waals surface area (Å²) in [6.45, 7) is 2.22. The van der Waals surface area contributed by atoms with Gasteiger partial charge in [0.25, 0.3) is 0 Å².